The van der Waals surface area contributed by atoms with Crippen molar-refractivity contribution < 1.29 is 13.2 Å². The lowest BCUT2D eigenvalue weighted by Gasteiger charge is -2.25. The van der Waals surface area contributed by atoms with E-state index >= 15 is 0 Å². The van der Waals surface area contributed by atoms with Crippen molar-refractivity contribution in [1.29, 1.82) is 0 Å². The normalized spacial score (nSPS) is 28.0. The maximum atomic E-state index is 12.2. The van der Waals surface area contributed by atoms with Gasteiger partial charge >= 0.3 is 0 Å². The number of benzene rings is 1. The predicted octanol–water partition coefficient (Wildman–Crippen LogP) is 2.13. The first kappa shape index (κ1) is 14.6. The minimum absolute atomic E-state index is 0.0372. The number of amides is 1. The van der Waals surface area contributed by atoms with Gasteiger partial charge in [-0.05, 0) is 23.1 Å². The molecule has 3 rings (SSSR count). The molecule has 0 aliphatic carbocycles. The third-order valence-electron chi connectivity index (χ3n) is 4.49. The van der Waals surface area contributed by atoms with E-state index in [0.717, 1.165) is 5.69 Å². The summed E-state index contributed by atoms with van der Waals surface area (Å²) in [6.45, 7) is 6.42. The molecule has 1 amide bonds. The highest BCUT2D eigenvalue weighted by Gasteiger charge is 2.49. The molecule has 2 atom stereocenters. The Labute approximate surface area is 126 Å². The number of anilines is 1. The maximum Gasteiger partial charge on any atom is 0.227 e. The summed E-state index contributed by atoms with van der Waals surface area (Å²) < 4.78 is 23.6. The van der Waals surface area contributed by atoms with Crippen molar-refractivity contribution in [3.63, 3.8) is 0 Å². The van der Waals surface area contributed by atoms with E-state index in [2.05, 4.69) is 20.8 Å². The standard InChI is InChI=1S/C16H21NO3S/c1-16(2,3)12-4-6-13(7-5-12)17-14-10-21(19,20)9-11(14)8-15(17)18/h4-7,11,14H,8-10H2,1-3H3/t11-,14+/m1/s1. The van der Waals surface area contributed by atoms with E-state index in [-0.39, 0.29) is 34.8 Å². The first-order valence-corrected chi connectivity index (χ1v) is 9.12. The van der Waals surface area contributed by atoms with Crippen LogP contribution in [0.25, 0.3) is 0 Å². The molecule has 0 spiro atoms. The molecule has 2 aliphatic heterocycles. The number of hydrogen-bond donors (Lipinski definition) is 0. The van der Waals surface area contributed by atoms with Gasteiger partial charge in [-0.2, -0.15) is 0 Å². The van der Waals surface area contributed by atoms with Crippen LogP contribution in [-0.2, 0) is 20.0 Å². The molecule has 2 aliphatic rings. The quantitative estimate of drug-likeness (QED) is 0.798. The Balaban J connectivity index is 1.91. The van der Waals surface area contributed by atoms with Crippen LogP contribution in [0.3, 0.4) is 0 Å². The fourth-order valence-corrected chi connectivity index (χ4v) is 5.42. The third-order valence-corrected chi connectivity index (χ3v) is 6.27. The Bertz CT molecular complexity index is 670. The molecule has 0 aromatic heterocycles. The van der Waals surface area contributed by atoms with Crippen molar-refractivity contribution in [2.75, 3.05) is 16.4 Å². The van der Waals surface area contributed by atoms with E-state index in [1.165, 1.54) is 5.56 Å². The van der Waals surface area contributed by atoms with Crippen LogP contribution in [0.1, 0.15) is 32.8 Å². The average Bonchev–Trinajstić information content (AvgIpc) is 2.78. The Kier molecular flexibility index (Phi) is 3.17. The first-order chi connectivity index (χ1) is 9.67. The van der Waals surface area contributed by atoms with Gasteiger partial charge in [-0.3, -0.25) is 4.79 Å². The number of fused-ring (bicyclic) bond motifs is 1. The molecule has 1 aromatic carbocycles. The summed E-state index contributed by atoms with van der Waals surface area (Å²) in [4.78, 5) is 13.9. The third kappa shape index (κ3) is 2.59. The Morgan fingerprint density at radius 2 is 1.71 bits per heavy atom. The minimum Gasteiger partial charge on any atom is -0.308 e. The number of sulfone groups is 1. The maximum absolute atomic E-state index is 12.2. The molecule has 5 heteroatoms. The number of nitrogens with zero attached hydrogens (tertiary/aromatic N) is 1. The van der Waals surface area contributed by atoms with Crippen molar-refractivity contribution in [2.24, 2.45) is 5.92 Å². The first-order valence-electron chi connectivity index (χ1n) is 7.30. The smallest absolute Gasteiger partial charge is 0.227 e. The van der Waals surface area contributed by atoms with Crippen molar-refractivity contribution in [3.05, 3.63) is 29.8 Å². The van der Waals surface area contributed by atoms with Crippen LogP contribution >= 0.6 is 0 Å². The topological polar surface area (TPSA) is 54.5 Å². The molecule has 0 N–H and O–H groups in total. The average molecular weight is 307 g/mol. The molecule has 0 bridgehead atoms. The van der Waals surface area contributed by atoms with Crippen LogP contribution in [0.2, 0.25) is 0 Å². The molecule has 2 fully saturated rings. The van der Waals surface area contributed by atoms with Gasteiger partial charge < -0.3 is 4.90 Å². The molecule has 2 heterocycles. The highest BCUT2D eigenvalue weighted by atomic mass is 32.2. The second-order valence-corrected chi connectivity index (χ2v) is 9.32. The molecule has 114 valence electrons. The number of rotatable bonds is 1. The van der Waals surface area contributed by atoms with Crippen molar-refractivity contribution in [1.82, 2.24) is 0 Å². The van der Waals surface area contributed by atoms with Gasteiger partial charge in [0.15, 0.2) is 9.84 Å². The zero-order valence-electron chi connectivity index (χ0n) is 12.7. The van der Waals surface area contributed by atoms with Crippen LogP contribution in [0.5, 0.6) is 0 Å². The van der Waals surface area contributed by atoms with Crippen LogP contribution in [-0.4, -0.2) is 31.9 Å². The minimum atomic E-state index is -3.00. The molecule has 4 nitrogen and oxygen atoms in total. The highest BCUT2D eigenvalue weighted by molar-refractivity contribution is 7.91. The molecular weight excluding hydrogens is 286 g/mol. The lowest BCUT2D eigenvalue weighted by atomic mass is 9.87. The van der Waals surface area contributed by atoms with E-state index < -0.39 is 9.84 Å². The Morgan fingerprint density at radius 3 is 2.29 bits per heavy atom. The predicted molar refractivity (Wildman–Crippen MR) is 83.2 cm³/mol. The van der Waals surface area contributed by atoms with Crippen LogP contribution in [0.4, 0.5) is 5.69 Å². The molecule has 0 radical (unpaired) electrons. The highest BCUT2D eigenvalue weighted by Crippen LogP contribution is 2.37. The van der Waals surface area contributed by atoms with Crippen LogP contribution in [0, 0.1) is 5.92 Å². The summed E-state index contributed by atoms with van der Waals surface area (Å²) in [6.07, 6.45) is 0.352. The summed E-state index contributed by atoms with van der Waals surface area (Å²) in [6, 6.07) is 7.75. The van der Waals surface area contributed by atoms with E-state index in [9.17, 15) is 13.2 Å². The second kappa shape index (κ2) is 4.57. The lowest BCUT2D eigenvalue weighted by Crippen LogP contribution is -2.36. The Morgan fingerprint density at radius 1 is 1.10 bits per heavy atom. The van der Waals surface area contributed by atoms with Crippen LogP contribution < -0.4 is 4.90 Å². The molecule has 21 heavy (non-hydrogen) atoms. The largest absolute Gasteiger partial charge is 0.308 e. The fraction of sp³-hybridized carbons (Fsp3) is 0.562. The molecular formula is C16H21NO3S. The van der Waals surface area contributed by atoms with E-state index in [4.69, 9.17) is 0 Å². The van der Waals surface area contributed by atoms with Gasteiger partial charge in [-0.1, -0.05) is 32.9 Å². The molecule has 1 aromatic rings. The van der Waals surface area contributed by atoms with Gasteiger partial charge in [0.1, 0.15) is 0 Å². The monoisotopic (exact) mass is 307 g/mol. The van der Waals surface area contributed by atoms with Crippen molar-refractivity contribution in [2.45, 2.75) is 38.6 Å². The molecule has 0 saturated carbocycles. The van der Waals surface area contributed by atoms with Crippen LogP contribution in [0.15, 0.2) is 24.3 Å². The zero-order chi connectivity index (χ0) is 15.4. The SMILES string of the molecule is CC(C)(C)c1ccc(N2C(=O)C[C@@H]3CS(=O)(=O)C[C@@H]32)cc1. The number of carbonyl (C=O) groups is 1. The lowest BCUT2D eigenvalue weighted by molar-refractivity contribution is -0.117. The fourth-order valence-electron chi connectivity index (χ4n) is 3.35. The zero-order valence-corrected chi connectivity index (χ0v) is 13.5. The van der Waals surface area contributed by atoms with Crippen molar-refractivity contribution in [3.8, 4) is 0 Å². The van der Waals surface area contributed by atoms with Gasteiger partial charge in [-0.25, -0.2) is 8.42 Å². The summed E-state index contributed by atoms with van der Waals surface area (Å²) in [7, 11) is -3.00. The molecule has 2 saturated heterocycles. The summed E-state index contributed by atoms with van der Waals surface area (Å²) in [5.74, 6) is 0.262. The van der Waals surface area contributed by atoms with Crippen molar-refractivity contribution >= 4 is 21.4 Å². The van der Waals surface area contributed by atoms with Gasteiger partial charge in [0.25, 0.3) is 0 Å². The number of hydrogen-bond acceptors (Lipinski definition) is 3. The van der Waals surface area contributed by atoms with E-state index in [1.54, 1.807) is 4.90 Å². The van der Waals surface area contributed by atoms with E-state index in [0.29, 0.717) is 6.42 Å². The Hall–Kier alpha value is -1.36. The summed E-state index contributed by atoms with van der Waals surface area (Å²) in [5, 5.41) is 0. The number of carbonyl (C=O) groups excluding carboxylic acids is 1. The summed E-state index contributed by atoms with van der Waals surface area (Å²) >= 11 is 0. The van der Waals surface area contributed by atoms with E-state index in [1.807, 2.05) is 24.3 Å². The van der Waals surface area contributed by atoms with Gasteiger partial charge in [0.2, 0.25) is 5.91 Å². The van der Waals surface area contributed by atoms with Gasteiger partial charge in [-0.15, -0.1) is 0 Å². The molecule has 0 unspecified atom stereocenters. The van der Waals surface area contributed by atoms with Gasteiger partial charge in [0.05, 0.1) is 17.5 Å². The van der Waals surface area contributed by atoms with Gasteiger partial charge in [0, 0.05) is 18.0 Å². The summed E-state index contributed by atoms with van der Waals surface area (Å²) in [5.41, 5.74) is 2.08. The second-order valence-electron chi connectivity index (χ2n) is 7.17.